The Morgan fingerprint density at radius 1 is 1.21 bits per heavy atom. The minimum Gasteiger partial charge on any atom is -0.356 e. The first-order chi connectivity index (χ1) is 13.7. The van der Waals surface area contributed by atoms with Crippen molar-refractivity contribution < 1.29 is 9.18 Å². The number of piperidine rings is 1. The lowest BCUT2D eigenvalue weighted by molar-refractivity contribution is -0.125. The number of halogens is 1. The molecule has 1 saturated heterocycles. The van der Waals surface area contributed by atoms with E-state index in [-0.39, 0.29) is 17.6 Å². The van der Waals surface area contributed by atoms with E-state index < -0.39 is 0 Å². The zero-order chi connectivity index (χ0) is 19.8. The average molecular weight is 384 g/mol. The fourth-order valence-electron chi connectivity index (χ4n) is 3.58. The van der Waals surface area contributed by atoms with Gasteiger partial charge in [0.05, 0.1) is 5.92 Å². The van der Waals surface area contributed by atoms with Crippen LogP contribution in [0.1, 0.15) is 45.4 Å². The van der Waals surface area contributed by atoms with E-state index in [4.69, 9.17) is 0 Å². The molecule has 1 N–H and O–H groups in total. The van der Waals surface area contributed by atoms with Gasteiger partial charge in [-0.1, -0.05) is 38.3 Å². The molecular formula is C22H29FN4O. The van der Waals surface area contributed by atoms with Crippen molar-refractivity contribution in [2.75, 3.05) is 24.5 Å². The summed E-state index contributed by atoms with van der Waals surface area (Å²) >= 11 is 0. The molecule has 0 unspecified atom stereocenters. The van der Waals surface area contributed by atoms with Gasteiger partial charge in [0, 0.05) is 37.6 Å². The number of aromatic nitrogens is 2. The molecule has 1 aromatic carbocycles. The van der Waals surface area contributed by atoms with Crippen LogP contribution in [0.15, 0.2) is 36.7 Å². The van der Waals surface area contributed by atoms with Crippen LogP contribution >= 0.6 is 0 Å². The lowest BCUT2D eigenvalue weighted by Gasteiger charge is -2.32. The van der Waals surface area contributed by atoms with Gasteiger partial charge < -0.3 is 10.2 Å². The molecule has 1 atom stereocenters. The minimum absolute atomic E-state index is 0.0218. The highest BCUT2D eigenvalue weighted by atomic mass is 19.1. The molecule has 1 aliphatic heterocycles. The predicted molar refractivity (Wildman–Crippen MR) is 110 cm³/mol. The molecule has 5 nitrogen and oxygen atoms in total. The van der Waals surface area contributed by atoms with Gasteiger partial charge in [0.2, 0.25) is 11.9 Å². The van der Waals surface area contributed by atoms with Crippen LogP contribution in [0, 0.1) is 11.7 Å². The van der Waals surface area contributed by atoms with Crippen LogP contribution in [0.2, 0.25) is 0 Å². The van der Waals surface area contributed by atoms with Gasteiger partial charge in [-0.2, -0.15) is 0 Å². The van der Waals surface area contributed by atoms with E-state index >= 15 is 0 Å². The van der Waals surface area contributed by atoms with E-state index in [1.54, 1.807) is 18.5 Å². The second-order valence-corrected chi connectivity index (χ2v) is 7.42. The van der Waals surface area contributed by atoms with Crippen molar-refractivity contribution >= 4 is 11.9 Å². The Kier molecular flexibility index (Phi) is 7.34. The molecule has 6 heteroatoms. The van der Waals surface area contributed by atoms with Crippen LogP contribution in [0.3, 0.4) is 0 Å². The summed E-state index contributed by atoms with van der Waals surface area (Å²) in [6.45, 7) is 4.43. The number of hydrogen-bond donors (Lipinski definition) is 1. The first-order valence-corrected chi connectivity index (χ1v) is 10.3. The molecule has 2 heterocycles. The summed E-state index contributed by atoms with van der Waals surface area (Å²) in [5.74, 6) is 0.464. The van der Waals surface area contributed by atoms with Crippen LogP contribution in [0.4, 0.5) is 10.3 Å². The summed E-state index contributed by atoms with van der Waals surface area (Å²) in [6, 6.07) is 6.40. The second-order valence-electron chi connectivity index (χ2n) is 7.42. The topological polar surface area (TPSA) is 58.1 Å². The Morgan fingerprint density at radius 2 is 2.04 bits per heavy atom. The molecule has 3 rings (SSSR count). The Bertz CT molecular complexity index is 765. The van der Waals surface area contributed by atoms with Crippen molar-refractivity contribution in [2.24, 2.45) is 5.92 Å². The number of hydrogen-bond acceptors (Lipinski definition) is 4. The smallest absolute Gasteiger partial charge is 0.225 e. The highest BCUT2D eigenvalue weighted by Crippen LogP contribution is 2.23. The van der Waals surface area contributed by atoms with Gasteiger partial charge >= 0.3 is 0 Å². The van der Waals surface area contributed by atoms with Gasteiger partial charge in [-0.15, -0.1) is 0 Å². The first kappa shape index (κ1) is 20.2. The third kappa shape index (κ3) is 5.50. The third-order valence-electron chi connectivity index (χ3n) is 5.20. The largest absolute Gasteiger partial charge is 0.356 e. The van der Waals surface area contributed by atoms with Gasteiger partial charge in [0.1, 0.15) is 5.82 Å². The zero-order valence-electron chi connectivity index (χ0n) is 16.5. The summed E-state index contributed by atoms with van der Waals surface area (Å²) in [5, 5.41) is 3.08. The highest BCUT2D eigenvalue weighted by molar-refractivity contribution is 5.79. The number of nitrogens with zero attached hydrogens (tertiary/aromatic N) is 3. The SMILES string of the molecule is CCCCCCNC(=O)[C@H]1CCCN(c2ncc(-c3cccc(F)c3)cn2)C1. The summed E-state index contributed by atoms with van der Waals surface area (Å²) in [5.41, 5.74) is 1.53. The molecule has 2 aromatic rings. The number of amides is 1. The van der Waals surface area contributed by atoms with Crippen LogP contribution < -0.4 is 10.2 Å². The van der Waals surface area contributed by atoms with Gasteiger partial charge in [0.15, 0.2) is 0 Å². The van der Waals surface area contributed by atoms with Crippen LogP contribution in [0.5, 0.6) is 0 Å². The number of anilines is 1. The molecule has 0 spiro atoms. The second kappa shape index (κ2) is 10.2. The van der Waals surface area contributed by atoms with Crippen LogP contribution in [0.25, 0.3) is 11.1 Å². The van der Waals surface area contributed by atoms with E-state index in [2.05, 4.69) is 27.1 Å². The van der Waals surface area contributed by atoms with Crippen molar-refractivity contribution in [3.8, 4) is 11.1 Å². The number of carbonyl (C=O) groups is 1. The maximum absolute atomic E-state index is 13.4. The number of carbonyl (C=O) groups excluding carboxylic acids is 1. The lowest BCUT2D eigenvalue weighted by Crippen LogP contribution is -2.43. The Morgan fingerprint density at radius 3 is 2.79 bits per heavy atom. The Balaban J connectivity index is 1.55. The monoisotopic (exact) mass is 384 g/mol. The van der Waals surface area contributed by atoms with E-state index in [0.29, 0.717) is 12.5 Å². The molecule has 150 valence electrons. The molecular weight excluding hydrogens is 355 g/mol. The van der Waals surface area contributed by atoms with Gasteiger partial charge in [0.25, 0.3) is 0 Å². The fourth-order valence-corrected chi connectivity index (χ4v) is 3.58. The van der Waals surface area contributed by atoms with E-state index in [9.17, 15) is 9.18 Å². The third-order valence-corrected chi connectivity index (χ3v) is 5.20. The van der Waals surface area contributed by atoms with Crippen LogP contribution in [-0.2, 0) is 4.79 Å². The summed E-state index contributed by atoms with van der Waals surface area (Å²) in [7, 11) is 0. The zero-order valence-corrected chi connectivity index (χ0v) is 16.5. The van der Waals surface area contributed by atoms with Crippen molar-refractivity contribution in [3.63, 3.8) is 0 Å². The van der Waals surface area contributed by atoms with E-state index in [1.165, 1.54) is 31.4 Å². The number of unbranched alkanes of at least 4 members (excludes halogenated alkanes) is 3. The normalized spacial score (nSPS) is 16.8. The first-order valence-electron chi connectivity index (χ1n) is 10.3. The minimum atomic E-state index is -0.277. The maximum atomic E-state index is 13.4. The number of rotatable bonds is 8. The molecule has 0 aliphatic carbocycles. The Labute approximate surface area is 166 Å². The number of nitrogens with one attached hydrogen (secondary N) is 1. The molecule has 1 aliphatic rings. The Hall–Kier alpha value is -2.50. The molecule has 28 heavy (non-hydrogen) atoms. The van der Waals surface area contributed by atoms with Crippen molar-refractivity contribution in [3.05, 3.63) is 42.5 Å². The quantitative estimate of drug-likeness (QED) is 0.693. The molecule has 1 aromatic heterocycles. The summed E-state index contributed by atoms with van der Waals surface area (Å²) in [4.78, 5) is 23.5. The van der Waals surface area contributed by atoms with Crippen LogP contribution in [-0.4, -0.2) is 35.5 Å². The van der Waals surface area contributed by atoms with Crippen molar-refractivity contribution in [1.29, 1.82) is 0 Å². The lowest BCUT2D eigenvalue weighted by atomic mass is 9.97. The summed E-state index contributed by atoms with van der Waals surface area (Å²) < 4.78 is 13.4. The maximum Gasteiger partial charge on any atom is 0.225 e. The van der Waals surface area contributed by atoms with E-state index in [0.717, 1.165) is 43.5 Å². The van der Waals surface area contributed by atoms with Gasteiger partial charge in [-0.25, -0.2) is 14.4 Å². The molecule has 0 bridgehead atoms. The predicted octanol–water partition coefficient (Wildman–Crippen LogP) is 4.20. The number of benzene rings is 1. The van der Waals surface area contributed by atoms with Gasteiger partial charge in [-0.05, 0) is 37.0 Å². The summed E-state index contributed by atoms with van der Waals surface area (Å²) in [6.07, 6.45) is 9.91. The highest BCUT2D eigenvalue weighted by Gasteiger charge is 2.26. The van der Waals surface area contributed by atoms with Crippen molar-refractivity contribution in [2.45, 2.75) is 45.4 Å². The molecule has 0 saturated carbocycles. The van der Waals surface area contributed by atoms with E-state index in [1.807, 2.05) is 6.07 Å². The van der Waals surface area contributed by atoms with Gasteiger partial charge in [-0.3, -0.25) is 4.79 Å². The fraction of sp³-hybridized carbons (Fsp3) is 0.500. The molecule has 0 radical (unpaired) electrons. The standard InChI is InChI=1S/C22H29FN4O/c1-2-3-4-5-11-24-21(28)18-9-7-12-27(16-18)22-25-14-19(15-26-22)17-8-6-10-20(23)13-17/h6,8,10,13-15,18H,2-5,7,9,11-12,16H2,1H3,(H,24,28)/t18-/m0/s1. The van der Waals surface area contributed by atoms with Crippen molar-refractivity contribution in [1.82, 2.24) is 15.3 Å². The molecule has 1 fully saturated rings. The molecule has 1 amide bonds. The average Bonchev–Trinajstić information content (AvgIpc) is 2.74.